The van der Waals surface area contributed by atoms with Crippen LogP contribution in [0.5, 0.6) is 0 Å². The van der Waals surface area contributed by atoms with Crippen molar-refractivity contribution < 1.29 is 9.53 Å². The van der Waals surface area contributed by atoms with Crippen LogP contribution in [0.15, 0.2) is 36.4 Å². The lowest BCUT2D eigenvalue weighted by Crippen LogP contribution is -1.86. The third-order valence-corrected chi connectivity index (χ3v) is 1.06. The zero-order valence-corrected chi connectivity index (χ0v) is 7.27. The largest absolute Gasteiger partial charge is 0.468 e. The lowest BCUT2D eigenvalue weighted by molar-refractivity contribution is -0.128. The Morgan fingerprint density at radius 2 is 1.50 bits per heavy atom. The van der Waals surface area contributed by atoms with Crippen LogP contribution in [0, 0.1) is 0 Å². The number of benzene rings is 1. The summed E-state index contributed by atoms with van der Waals surface area (Å²) in [6.45, 7) is 2.95. The molecule has 2 nitrogen and oxygen atoms in total. The van der Waals surface area contributed by atoms with Crippen molar-refractivity contribution >= 4 is 6.47 Å². The summed E-state index contributed by atoms with van der Waals surface area (Å²) in [5, 5.41) is 0. The Labute approximate surface area is 73.2 Å². The molecule has 0 aliphatic heterocycles. The minimum Gasteiger partial charge on any atom is -0.468 e. The molecule has 2 heteroatoms. The second-order valence-electron chi connectivity index (χ2n) is 2.12. The third-order valence-electron chi connectivity index (χ3n) is 1.06. The van der Waals surface area contributed by atoms with Crippen molar-refractivity contribution in [3.8, 4) is 0 Å². The average Bonchev–Trinajstić information content (AvgIpc) is 2.18. The Bertz CT molecular complexity index is 146. The highest BCUT2D eigenvalue weighted by Gasteiger charge is 1.71. The second-order valence-corrected chi connectivity index (χ2v) is 2.12. The summed E-state index contributed by atoms with van der Waals surface area (Å²) in [6.07, 6.45) is 0.902. The molecule has 0 heterocycles. The number of hydrogen-bond acceptors (Lipinski definition) is 2. The molecular weight excluding hydrogens is 152 g/mol. The van der Waals surface area contributed by atoms with Crippen molar-refractivity contribution in [2.24, 2.45) is 0 Å². The van der Waals surface area contributed by atoms with Crippen molar-refractivity contribution in [3.63, 3.8) is 0 Å². The van der Waals surface area contributed by atoms with E-state index in [9.17, 15) is 4.79 Å². The molecule has 0 amide bonds. The van der Waals surface area contributed by atoms with Crippen LogP contribution < -0.4 is 0 Å². The van der Waals surface area contributed by atoms with Crippen molar-refractivity contribution in [2.45, 2.75) is 13.3 Å². The molecule has 66 valence electrons. The van der Waals surface area contributed by atoms with E-state index in [0.717, 1.165) is 6.42 Å². The van der Waals surface area contributed by atoms with Crippen LogP contribution in [-0.4, -0.2) is 13.1 Å². The smallest absolute Gasteiger partial charge is 0.293 e. The van der Waals surface area contributed by atoms with Crippen molar-refractivity contribution in [3.05, 3.63) is 36.4 Å². The number of carbonyl (C=O) groups is 1. The maximum absolute atomic E-state index is 9.34. The Kier molecular flexibility index (Phi) is 8.63. The summed E-state index contributed by atoms with van der Waals surface area (Å²) < 4.78 is 4.30. The zero-order valence-electron chi connectivity index (χ0n) is 7.27. The van der Waals surface area contributed by atoms with Gasteiger partial charge in [-0.2, -0.15) is 0 Å². The number of rotatable bonds is 3. The van der Waals surface area contributed by atoms with Crippen LogP contribution in [0.25, 0.3) is 0 Å². The summed E-state index contributed by atoms with van der Waals surface area (Å²) in [6, 6.07) is 12.0. The first-order chi connectivity index (χ1) is 5.91. The van der Waals surface area contributed by atoms with Gasteiger partial charge >= 0.3 is 0 Å². The summed E-state index contributed by atoms with van der Waals surface area (Å²) in [7, 11) is 0. The zero-order chi connectivity index (χ0) is 9.07. The molecule has 1 aromatic carbocycles. The van der Waals surface area contributed by atoms with Gasteiger partial charge in [-0.1, -0.05) is 43.3 Å². The molecule has 0 bridgehead atoms. The molecule has 0 radical (unpaired) electrons. The van der Waals surface area contributed by atoms with Crippen molar-refractivity contribution in [1.29, 1.82) is 0 Å². The number of hydrogen-bond donors (Lipinski definition) is 0. The van der Waals surface area contributed by atoms with Crippen LogP contribution in [0.3, 0.4) is 0 Å². The fourth-order valence-corrected chi connectivity index (χ4v) is 0.551. The van der Waals surface area contributed by atoms with E-state index in [1.807, 2.05) is 43.3 Å². The predicted octanol–water partition coefficient (Wildman–Crippen LogP) is 2.26. The summed E-state index contributed by atoms with van der Waals surface area (Å²) in [5.41, 5.74) is 0. The molecule has 0 spiro atoms. The number of ether oxygens (including phenoxy) is 1. The first-order valence-electron chi connectivity index (χ1n) is 3.97. The van der Waals surface area contributed by atoms with Gasteiger partial charge in [0, 0.05) is 0 Å². The minimum atomic E-state index is 0.462. The molecule has 0 saturated heterocycles. The minimum absolute atomic E-state index is 0.462. The SMILES string of the molecule is CCCOC=O.c1ccccc1. The molecule has 1 rings (SSSR count). The molecule has 0 aliphatic rings. The van der Waals surface area contributed by atoms with E-state index in [-0.39, 0.29) is 0 Å². The van der Waals surface area contributed by atoms with E-state index in [0.29, 0.717) is 13.1 Å². The molecule has 0 fully saturated rings. The monoisotopic (exact) mass is 166 g/mol. The molecular formula is C10H14O2. The average molecular weight is 166 g/mol. The fraction of sp³-hybridized carbons (Fsp3) is 0.300. The van der Waals surface area contributed by atoms with Gasteiger partial charge in [0.15, 0.2) is 0 Å². The quantitative estimate of drug-likeness (QED) is 0.508. The molecule has 1 aromatic rings. The van der Waals surface area contributed by atoms with Gasteiger partial charge in [0.1, 0.15) is 0 Å². The van der Waals surface area contributed by atoms with Gasteiger partial charge < -0.3 is 4.74 Å². The third kappa shape index (κ3) is 8.69. The van der Waals surface area contributed by atoms with Gasteiger partial charge in [0.2, 0.25) is 0 Å². The first-order valence-corrected chi connectivity index (χ1v) is 3.97. The van der Waals surface area contributed by atoms with Crippen LogP contribution >= 0.6 is 0 Å². The van der Waals surface area contributed by atoms with E-state index in [2.05, 4.69) is 4.74 Å². The van der Waals surface area contributed by atoms with E-state index < -0.39 is 0 Å². The number of carbonyl (C=O) groups excluding carboxylic acids is 1. The highest BCUT2D eigenvalue weighted by atomic mass is 16.5. The van der Waals surface area contributed by atoms with Crippen molar-refractivity contribution in [1.82, 2.24) is 0 Å². The standard InChI is InChI=1S/C6H6.C4H8O2/c1-2-4-6-5-3-1;1-2-3-6-4-5/h1-6H;4H,2-3H2,1H3. The van der Waals surface area contributed by atoms with Gasteiger partial charge in [0.05, 0.1) is 6.61 Å². The molecule has 0 N–H and O–H groups in total. The van der Waals surface area contributed by atoms with Crippen LogP contribution in [0.2, 0.25) is 0 Å². The molecule has 0 unspecified atom stereocenters. The van der Waals surface area contributed by atoms with Gasteiger partial charge in [-0.05, 0) is 6.42 Å². The highest BCUT2D eigenvalue weighted by Crippen LogP contribution is 1.79. The maximum atomic E-state index is 9.34. The Morgan fingerprint density at radius 3 is 1.67 bits per heavy atom. The Balaban J connectivity index is 0.000000202. The maximum Gasteiger partial charge on any atom is 0.293 e. The van der Waals surface area contributed by atoms with Crippen LogP contribution in [0.4, 0.5) is 0 Å². The summed E-state index contributed by atoms with van der Waals surface area (Å²) >= 11 is 0. The predicted molar refractivity (Wildman–Crippen MR) is 48.7 cm³/mol. The summed E-state index contributed by atoms with van der Waals surface area (Å²) in [5.74, 6) is 0. The van der Waals surface area contributed by atoms with Crippen LogP contribution in [0.1, 0.15) is 13.3 Å². The first kappa shape index (κ1) is 10.7. The van der Waals surface area contributed by atoms with Crippen molar-refractivity contribution in [2.75, 3.05) is 6.61 Å². The fourth-order valence-electron chi connectivity index (χ4n) is 0.551. The molecule has 0 atom stereocenters. The van der Waals surface area contributed by atoms with Crippen LogP contribution in [-0.2, 0) is 9.53 Å². The Morgan fingerprint density at radius 1 is 1.08 bits per heavy atom. The highest BCUT2D eigenvalue weighted by molar-refractivity contribution is 5.36. The van der Waals surface area contributed by atoms with E-state index in [1.165, 1.54) is 0 Å². The molecule has 0 aromatic heterocycles. The van der Waals surface area contributed by atoms with Gasteiger partial charge in [-0.15, -0.1) is 0 Å². The van der Waals surface area contributed by atoms with Gasteiger partial charge in [-0.3, -0.25) is 4.79 Å². The van der Waals surface area contributed by atoms with E-state index in [1.54, 1.807) is 0 Å². The molecule has 12 heavy (non-hydrogen) atoms. The topological polar surface area (TPSA) is 26.3 Å². The normalized spacial score (nSPS) is 7.75. The lowest BCUT2D eigenvalue weighted by atomic mass is 10.4. The molecule has 0 saturated carbocycles. The Hall–Kier alpha value is -1.31. The van der Waals surface area contributed by atoms with E-state index >= 15 is 0 Å². The van der Waals surface area contributed by atoms with E-state index in [4.69, 9.17) is 0 Å². The molecule has 0 aliphatic carbocycles. The van der Waals surface area contributed by atoms with Gasteiger partial charge in [-0.25, -0.2) is 0 Å². The summed E-state index contributed by atoms with van der Waals surface area (Å²) in [4.78, 5) is 9.34. The lowest BCUT2D eigenvalue weighted by Gasteiger charge is -1.86. The second kappa shape index (κ2) is 9.69. The van der Waals surface area contributed by atoms with Gasteiger partial charge in [0.25, 0.3) is 6.47 Å².